The third kappa shape index (κ3) is 7.69. The zero-order valence-corrected chi connectivity index (χ0v) is 13.8. The van der Waals surface area contributed by atoms with Crippen LogP contribution in [0.5, 0.6) is 0 Å². The summed E-state index contributed by atoms with van der Waals surface area (Å²) in [5.74, 6) is -0.458. The molecule has 2 amide bonds. The van der Waals surface area contributed by atoms with E-state index in [-0.39, 0.29) is 24.7 Å². The van der Waals surface area contributed by atoms with Crippen LogP contribution >= 0.6 is 0 Å². The first kappa shape index (κ1) is 18.1. The molecule has 0 saturated carbocycles. The third-order valence-electron chi connectivity index (χ3n) is 3.21. The number of carbonyl (C=O) groups excluding carboxylic acids is 2. The molecule has 0 atom stereocenters. The van der Waals surface area contributed by atoms with E-state index in [0.717, 1.165) is 11.1 Å². The number of hydrogen-bond donors (Lipinski definition) is 2. The average Bonchev–Trinajstić information content (AvgIpc) is 2.63. The first-order valence-corrected chi connectivity index (χ1v) is 7.98. The smallest absolute Gasteiger partial charge is 0.240 e. The fourth-order valence-electron chi connectivity index (χ4n) is 1.96. The van der Waals surface area contributed by atoms with Crippen LogP contribution in [-0.4, -0.2) is 24.2 Å². The van der Waals surface area contributed by atoms with E-state index in [0.29, 0.717) is 6.42 Å². The summed E-state index contributed by atoms with van der Waals surface area (Å²) in [7, 11) is 0. The maximum Gasteiger partial charge on any atom is 0.240 e. The van der Waals surface area contributed by atoms with Crippen molar-refractivity contribution in [2.24, 2.45) is 10.2 Å². The Kier molecular flexibility index (Phi) is 7.58. The van der Waals surface area contributed by atoms with Gasteiger partial charge in [0, 0.05) is 12.8 Å². The molecular weight excluding hydrogens is 316 g/mol. The van der Waals surface area contributed by atoms with Crippen molar-refractivity contribution >= 4 is 24.2 Å². The molecule has 0 aliphatic rings. The molecule has 0 spiro atoms. The van der Waals surface area contributed by atoms with E-state index in [1.54, 1.807) is 12.4 Å². The highest BCUT2D eigenvalue weighted by Crippen LogP contribution is 1.97. The average molecular weight is 336 g/mol. The van der Waals surface area contributed by atoms with Gasteiger partial charge in [-0.15, -0.1) is 0 Å². The number of nitrogens with zero attached hydrogens (tertiary/aromatic N) is 2. The van der Waals surface area contributed by atoms with E-state index in [1.807, 2.05) is 60.7 Å². The predicted octanol–water partition coefficient (Wildman–Crippen LogP) is 2.46. The largest absolute Gasteiger partial charge is 0.273 e. The minimum Gasteiger partial charge on any atom is -0.273 e. The van der Waals surface area contributed by atoms with E-state index in [4.69, 9.17) is 0 Å². The molecule has 0 aromatic heterocycles. The minimum atomic E-state index is -0.229. The van der Waals surface area contributed by atoms with Gasteiger partial charge < -0.3 is 0 Å². The number of hydrazone groups is 2. The predicted molar refractivity (Wildman–Crippen MR) is 98.2 cm³/mol. The maximum absolute atomic E-state index is 11.6. The Hall–Kier alpha value is -3.28. The van der Waals surface area contributed by atoms with Gasteiger partial charge in [-0.2, -0.15) is 10.2 Å². The summed E-state index contributed by atoms with van der Waals surface area (Å²) in [5, 5.41) is 7.75. The fourth-order valence-corrected chi connectivity index (χ4v) is 1.96. The number of benzene rings is 2. The lowest BCUT2D eigenvalue weighted by Crippen LogP contribution is -2.20. The van der Waals surface area contributed by atoms with Gasteiger partial charge in [0.15, 0.2) is 0 Å². The number of hydrogen-bond acceptors (Lipinski definition) is 4. The summed E-state index contributed by atoms with van der Waals surface area (Å²) in [6.45, 7) is 0. The maximum atomic E-state index is 11.6. The van der Waals surface area contributed by atoms with Crippen molar-refractivity contribution in [3.05, 3.63) is 71.8 Å². The molecule has 2 N–H and O–H groups in total. The quantitative estimate of drug-likeness (QED) is 0.573. The molecular formula is C19H20N4O2. The lowest BCUT2D eigenvalue weighted by Gasteiger charge is -2.00. The fraction of sp³-hybridized carbons (Fsp3) is 0.158. The molecule has 25 heavy (non-hydrogen) atoms. The van der Waals surface area contributed by atoms with Gasteiger partial charge in [0.25, 0.3) is 0 Å². The Labute approximate surface area is 146 Å². The summed E-state index contributed by atoms with van der Waals surface area (Å²) in [6, 6.07) is 18.9. The number of nitrogens with one attached hydrogen (secondary N) is 2. The van der Waals surface area contributed by atoms with Gasteiger partial charge in [0.05, 0.1) is 12.4 Å². The molecule has 0 aliphatic carbocycles. The molecule has 0 aliphatic heterocycles. The Morgan fingerprint density at radius 1 is 0.720 bits per heavy atom. The number of amides is 2. The Bertz CT molecular complexity index is 664. The van der Waals surface area contributed by atoms with Crippen molar-refractivity contribution in [2.75, 3.05) is 0 Å². The van der Waals surface area contributed by atoms with E-state index >= 15 is 0 Å². The molecule has 128 valence electrons. The lowest BCUT2D eigenvalue weighted by molar-refractivity contribution is -0.122. The molecule has 2 aromatic carbocycles. The summed E-state index contributed by atoms with van der Waals surface area (Å²) < 4.78 is 0. The van der Waals surface area contributed by atoms with Crippen molar-refractivity contribution in [2.45, 2.75) is 19.3 Å². The topological polar surface area (TPSA) is 82.9 Å². The van der Waals surface area contributed by atoms with Crippen LogP contribution in [0.3, 0.4) is 0 Å². The Morgan fingerprint density at radius 3 is 1.52 bits per heavy atom. The molecule has 0 fully saturated rings. The summed E-state index contributed by atoms with van der Waals surface area (Å²) in [6.07, 6.45) is 4.02. The Morgan fingerprint density at radius 2 is 1.12 bits per heavy atom. The van der Waals surface area contributed by atoms with Gasteiger partial charge in [-0.05, 0) is 17.5 Å². The van der Waals surface area contributed by atoms with Crippen LogP contribution in [0.25, 0.3) is 0 Å². The van der Waals surface area contributed by atoms with Crippen molar-refractivity contribution in [1.82, 2.24) is 10.9 Å². The van der Waals surface area contributed by atoms with Crippen LogP contribution in [0.15, 0.2) is 70.9 Å². The minimum absolute atomic E-state index is 0.224. The van der Waals surface area contributed by atoms with Crippen LogP contribution in [0.2, 0.25) is 0 Å². The van der Waals surface area contributed by atoms with Crippen molar-refractivity contribution in [3.8, 4) is 0 Å². The summed E-state index contributed by atoms with van der Waals surface area (Å²) in [4.78, 5) is 23.3. The highest BCUT2D eigenvalue weighted by Gasteiger charge is 2.03. The van der Waals surface area contributed by atoms with Gasteiger partial charge in [0.2, 0.25) is 11.8 Å². The zero-order valence-electron chi connectivity index (χ0n) is 13.8. The second-order valence-electron chi connectivity index (χ2n) is 5.26. The van der Waals surface area contributed by atoms with Crippen molar-refractivity contribution < 1.29 is 9.59 Å². The molecule has 6 nitrogen and oxygen atoms in total. The highest BCUT2D eigenvalue weighted by atomic mass is 16.2. The molecule has 0 heterocycles. The molecule has 2 aromatic rings. The summed E-state index contributed by atoms with van der Waals surface area (Å²) >= 11 is 0. The van der Waals surface area contributed by atoms with Gasteiger partial charge in [-0.1, -0.05) is 60.7 Å². The molecule has 0 saturated heterocycles. The van der Waals surface area contributed by atoms with Gasteiger partial charge >= 0.3 is 0 Å². The molecule has 6 heteroatoms. The number of carbonyl (C=O) groups is 2. The van der Waals surface area contributed by atoms with E-state index < -0.39 is 0 Å². The molecule has 0 bridgehead atoms. The zero-order chi connectivity index (χ0) is 17.7. The van der Waals surface area contributed by atoms with Crippen molar-refractivity contribution in [1.29, 1.82) is 0 Å². The van der Waals surface area contributed by atoms with Gasteiger partial charge in [0.1, 0.15) is 0 Å². The van der Waals surface area contributed by atoms with Crippen LogP contribution in [0.4, 0.5) is 0 Å². The second kappa shape index (κ2) is 10.5. The van der Waals surface area contributed by atoms with Gasteiger partial charge in [-0.3, -0.25) is 9.59 Å². The standard InChI is InChI=1S/C19H20N4O2/c24-18(22-20-14-16-8-3-1-4-9-16)12-7-13-19(25)23-21-15-17-10-5-2-6-11-17/h1-6,8-11,14-15H,7,12-13H2,(H,22,24)(H,23,25)/b20-14+,21-15+. The van der Waals surface area contributed by atoms with Crippen LogP contribution in [-0.2, 0) is 9.59 Å². The molecule has 2 rings (SSSR count). The monoisotopic (exact) mass is 336 g/mol. The van der Waals surface area contributed by atoms with Crippen LogP contribution < -0.4 is 10.9 Å². The first-order chi connectivity index (χ1) is 12.2. The lowest BCUT2D eigenvalue weighted by atomic mass is 10.2. The number of rotatable bonds is 8. The van der Waals surface area contributed by atoms with E-state index in [1.165, 1.54) is 0 Å². The highest BCUT2D eigenvalue weighted by molar-refractivity contribution is 5.83. The third-order valence-corrected chi connectivity index (χ3v) is 3.21. The normalized spacial score (nSPS) is 10.9. The first-order valence-electron chi connectivity index (χ1n) is 7.98. The second-order valence-corrected chi connectivity index (χ2v) is 5.26. The van der Waals surface area contributed by atoms with Gasteiger partial charge in [-0.25, -0.2) is 10.9 Å². The van der Waals surface area contributed by atoms with E-state index in [2.05, 4.69) is 21.1 Å². The van der Waals surface area contributed by atoms with Crippen LogP contribution in [0.1, 0.15) is 30.4 Å². The summed E-state index contributed by atoms with van der Waals surface area (Å²) in [5.41, 5.74) is 6.68. The SMILES string of the molecule is O=C(CCCC(=O)N/N=C/c1ccccc1)N/N=C/c1ccccc1. The van der Waals surface area contributed by atoms with Crippen molar-refractivity contribution in [3.63, 3.8) is 0 Å². The molecule has 0 radical (unpaired) electrons. The van der Waals surface area contributed by atoms with E-state index in [9.17, 15) is 9.59 Å². The molecule has 0 unspecified atom stereocenters. The Balaban J connectivity index is 1.59. The van der Waals surface area contributed by atoms with Crippen LogP contribution in [0, 0.1) is 0 Å².